The molecule has 7 heteroatoms. The molecule has 0 aliphatic carbocycles. The first-order valence-electron chi connectivity index (χ1n) is 9.74. The van der Waals surface area contributed by atoms with Crippen molar-refractivity contribution in [1.29, 1.82) is 0 Å². The highest BCUT2D eigenvalue weighted by Gasteiger charge is 2.24. The number of cyclic esters (lactones) is 1. The maximum atomic E-state index is 12.8. The predicted molar refractivity (Wildman–Crippen MR) is 101 cm³/mol. The molecule has 0 spiro atoms. The molecule has 27 heavy (non-hydrogen) atoms. The van der Waals surface area contributed by atoms with Gasteiger partial charge in [-0.05, 0) is 37.3 Å². The molecule has 1 aromatic carbocycles. The molecule has 1 N–H and O–H groups in total. The van der Waals surface area contributed by atoms with E-state index >= 15 is 0 Å². The lowest BCUT2D eigenvalue weighted by atomic mass is 10.1. The van der Waals surface area contributed by atoms with Gasteiger partial charge in [0.1, 0.15) is 0 Å². The van der Waals surface area contributed by atoms with Gasteiger partial charge >= 0.3 is 12.1 Å². The fraction of sp³-hybridized carbons (Fsp3) is 0.600. The molecule has 0 bridgehead atoms. The van der Waals surface area contributed by atoms with Gasteiger partial charge in [-0.2, -0.15) is 0 Å². The quantitative estimate of drug-likeness (QED) is 0.795. The fourth-order valence-electron chi connectivity index (χ4n) is 3.46. The Labute approximate surface area is 160 Å². The van der Waals surface area contributed by atoms with Crippen molar-refractivity contribution in [2.75, 3.05) is 39.4 Å². The Hall–Kier alpha value is -2.28. The molecule has 1 atom stereocenters. The van der Waals surface area contributed by atoms with Crippen LogP contribution in [0.2, 0.25) is 0 Å². The first kappa shape index (κ1) is 19.5. The van der Waals surface area contributed by atoms with Crippen LogP contribution in [0.4, 0.5) is 9.59 Å². The molecule has 2 aliphatic heterocycles. The highest BCUT2D eigenvalue weighted by molar-refractivity contribution is 5.74. The largest absolute Gasteiger partial charge is 0.449 e. The molecule has 3 amide bonds. The van der Waals surface area contributed by atoms with Crippen molar-refractivity contribution < 1.29 is 19.1 Å². The smallest absolute Gasteiger partial charge is 0.409 e. The third-order valence-corrected chi connectivity index (χ3v) is 5.07. The lowest BCUT2D eigenvalue weighted by Gasteiger charge is -2.28. The van der Waals surface area contributed by atoms with Crippen molar-refractivity contribution in [2.24, 2.45) is 0 Å². The van der Waals surface area contributed by atoms with Gasteiger partial charge in [-0.1, -0.05) is 24.3 Å². The normalized spacial score (nSPS) is 19.7. The first-order chi connectivity index (χ1) is 13.1. The van der Waals surface area contributed by atoms with Crippen molar-refractivity contribution in [3.8, 4) is 0 Å². The number of carbonyl (C=O) groups excluding carboxylic acids is 2. The molecule has 1 aromatic rings. The Bertz CT molecular complexity index is 646. The second kappa shape index (κ2) is 9.60. The van der Waals surface area contributed by atoms with Crippen molar-refractivity contribution in [3.63, 3.8) is 0 Å². The van der Waals surface area contributed by atoms with Gasteiger partial charge in [-0.3, -0.25) is 0 Å². The number of ether oxygens (including phenoxy) is 2. The maximum Gasteiger partial charge on any atom is 0.409 e. The Kier molecular flexibility index (Phi) is 6.92. The zero-order valence-corrected chi connectivity index (χ0v) is 16.0. The zero-order chi connectivity index (χ0) is 19.1. The number of hydrogen-bond donors (Lipinski definition) is 1. The summed E-state index contributed by atoms with van der Waals surface area (Å²) in [5.41, 5.74) is 2.30. The van der Waals surface area contributed by atoms with E-state index in [0.29, 0.717) is 39.3 Å². The summed E-state index contributed by atoms with van der Waals surface area (Å²) in [5, 5.41) is 2.95. The minimum Gasteiger partial charge on any atom is -0.449 e. The third kappa shape index (κ3) is 5.60. The molecular formula is C20H29N3O4. The second-order valence-corrected chi connectivity index (χ2v) is 7.13. The monoisotopic (exact) mass is 375 g/mol. The Morgan fingerprint density at radius 3 is 2.89 bits per heavy atom. The summed E-state index contributed by atoms with van der Waals surface area (Å²) in [4.78, 5) is 27.9. The van der Waals surface area contributed by atoms with Crippen molar-refractivity contribution in [2.45, 2.75) is 38.8 Å². The van der Waals surface area contributed by atoms with Crippen LogP contribution in [0.3, 0.4) is 0 Å². The highest BCUT2D eigenvalue weighted by atomic mass is 16.6. The standard InChI is InChI=1S/C20H29N3O4/c1-16-6-2-3-7-17(16)14-23(15-18-8-4-12-26-18)19(24)21-9-11-22-10-5-13-27-20(22)25/h2-3,6-7,18H,4-5,8-15H2,1H3,(H,21,24)/t18-/m0/s1. The Morgan fingerprint density at radius 1 is 1.30 bits per heavy atom. The highest BCUT2D eigenvalue weighted by Crippen LogP contribution is 2.16. The van der Waals surface area contributed by atoms with Gasteiger partial charge in [0.15, 0.2) is 0 Å². The number of aryl methyl sites for hydroxylation is 1. The molecular weight excluding hydrogens is 346 g/mol. The number of benzene rings is 1. The number of nitrogens with zero attached hydrogens (tertiary/aromatic N) is 2. The van der Waals surface area contributed by atoms with Crippen LogP contribution in [0.1, 0.15) is 30.4 Å². The summed E-state index contributed by atoms with van der Waals surface area (Å²) in [7, 11) is 0. The van der Waals surface area contributed by atoms with Crippen LogP contribution in [0.5, 0.6) is 0 Å². The zero-order valence-electron chi connectivity index (χ0n) is 16.0. The topological polar surface area (TPSA) is 71.1 Å². The van der Waals surface area contributed by atoms with Gasteiger partial charge in [0.25, 0.3) is 0 Å². The fourth-order valence-corrected chi connectivity index (χ4v) is 3.46. The number of urea groups is 1. The second-order valence-electron chi connectivity index (χ2n) is 7.13. The molecule has 2 fully saturated rings. The summed E-state index contributed by atoms with van der Waals surface area (Å²) in [6, 6.07) is 7.97. The predicted octanol–water partition coefficient (Wildman–Crippen LogP) is 2.53. The van der Waals surface area contributed by atoms with E-state index in [4.69, 9.17) is 9.47 Å². The van der Waals surface area contributed by atoms with Crippen LogP contribution in [-0.2, 0) is 16.0 Å². The summed E-state index contributed by atoms with van der Waals surface area (Å²) in [6.07, 6.45) is 2.65. The van der Waals surface area contributed by atoms with Gasteiger partial charge in [-0.25, -0.2) is 9.59 Å². The van der Waals surface area contributed by atoms with Crippen molar-refractivity contribution in [3.05, 3.63) is 35.4 Å². The van der Waals surface area contributed by atoms with Gasteiger partial charge in [0, 0.05) is 39.3 Å². The van der Waals surface area contributed by atoms with Crippen LogP contribution < -0.4 is 5.32 Å². The average Bonchev–Trinajstić information content (AvgIpc) is 3.17. The van der Waals surface area contributed by atoms with Gasteiger partial charge in [0.2, 0.25) is 0 Å². The molecule has 0 unspecified atom stereocenters. The van der Waals surface area contributed by atoms with E-state index in [1.54, 1.807) is 4.90 Å². The van der Waals surface area contributed by atoms with Gasteiger partial charge in [0.05, 0.1) is 12.7 Å². The lowest BCUT2D eigenvalue weighted by molar-refractivity contribution is 0.0718. The van der Waals surface area contributed by atoms with Crippen LogP contribution in [0, 0.1) is 6.92 Å². The number of amides is 3. The number of rotatable bonds is 7. The molecule has 7 nitrogen and oxygen atoms in total. The van der Waals surface area contributed by atoms with Crippen molar-refractivity contribution >= 4 is 12.1 Å². The van der Waals surface area contributed by atoms with E-state index in [-0.39, 0.29) is 18.2 Å². The third-order valence-electron chi connectivity index (χ3n) is 5.07. The molecule has 0 aromatic heterocycles. The first-order valence-corrected chi connectivity index (χ1v) is 9.74. The van der Waals surface area contributed by atoms with Gasteiger partial charge in [-0.15, -0.1) is 0 Å². The van der Waals surface area contributed by atoms with Crippen LogP contribution in [0.15, 0.2) is 24.3 Å². The molecule has 2 aliphatic rings. The van der Waals surface area contributed by atoms with E-state index in [9.17, 15) is 9.59 Å². The summed E-state index contributed by atoms with van der Waals surface area (Å²) < 4.78 is 10.7. The number of carbonyl (C=O) groups is 2. The van der Waals surface area contributed by atoms with Crippen LogP contribution in [-0.4, -0.2) is 67.4 Å². The van der Waals surface area contributed by atoms with E-state index < -0.39 is 0 Å². The number of hydrogen-bond acceptors (Lipinski definition) is 4. The summed E-state index contributed by atoms with van der Waals surface area (Å²) in [5.74, 6) is 0. The molecule has 0 saturated carbocycles. The van der Waals surface area contributed by atoms with Crippen LogP contribution in [0.25, 0.3) is 0 Å². The molecule has 2 heterocycles. The summed E-state index contributed by atoms with van der Waals surface area (Å²) in [6.45, 7) is 5.97. The maximum absolute atomic E-state index is 12.8. The summed E-state index contributed by atoms with van der Waals surface area (Å²) >= 11 is 0. The molecule has 2 saturated heterocycles. The van der Waals surface area contributed by atoms with Crippen molar-refractivity contribution in [1.82, 2.24) is 15.1 Å². The van der Waals surface area contributed by atoms with E-state index in [2.05, 4.69) is 24.4 Å². The van der Waals surface area contributed by atoms with E-state index in [0.717, 1.165) is 31.4 Å². The van der Waals surface area contributed by atoms with E-state index in [1.807, 2.05) is 17.0 Å². The SMILES string of the molecule is Cc1ccccc1CN(C[C@@H]1CCCO1)C(=O)NCCN1CCCOC1=O. The van der Waals surface area contributed by atoms with E-state index in [1.165, 1.54) is 5.56 Å². The minimum atomic E-state index is -0.299. The van der Waals surface area contributed by atoms with Gasteiger partial charge < -0.3 is 24.6 Å². The molecule has 3 rings (SSSR count). The van der Waals surface area contributed by atoms with Crippen LogP contribution >= 0.6 is 0 Å². The Balaban J connectivity index is 1.56. The number of nitrogens with one attached hydrogen (secondary N) is 1. The average molecular weight is 375 g/mol. The molecule has 148 valence electrons. The Morgan fingerprint density at radius 2 is 2.15 bits per heavy atom. The minimum absolute atomic E-state index is 0.0943. The molecule has 0 radical (unpaired) electrons. The lowest BCUT2D eigenvalue weighted by Crippen LogP contribution is -2.47.